The zero-order valence-corrected chi connectivity index (χ0v) is 16.1. The number of hydrogen-bond acceptors (Lipinski definition) is 5. The van der Waals surface area contributed by atoms with E-state index in [1.807, 2.05) is 0 Å². The van der Waals surface area contributed by atoms with Crippen LogP contribution in [0.2, 0.25) is 0 Å². The molecule has 1 unspecified atom stereocenters. The van der Waals surface area contributed by atoms with Crippen LogP contribution in [-0.2, 0) is 10.0 Å². The third-order valence-corrected chi connectivity index (χ3v) is 5.66. The van der Waals surface area contributed by atoms with E-state index in [9.17, 15) is 18.3 Å². The van der Waals surface area contributed by atoms with Crippen molar-refractivity contribution < 1.29 is 23.1 Å². The normalized spacial score (nSPS) is 13.0. The molecular formula is C17H28N2O5S. The molecule has 1 rings (SSSR count). The minimum atomic E-state index is -3.78. The standard InChI is InChI=1S/C17H28N2O5S/c1-5-19(6-2)11-7-8-13(3)18-25(22,23)14-9-10-16(24-4)15(12-14)17(20)21/h9-10,12-13,18H,5-8,11H2,1-4H3,(H,20,21). The molecule has 2 N–H and O–H groups in total. The van der Waals surface area contributed by atoms with Crippen molar-refractivity contribution in [2.75, 3.05) is 26.7 Å². The first-order chi connectivity index (χ1) is 11.7. The summed E-state index contributed by atoms with van der Waals surface area (Å²) in [5.41, 5.74) is -0.181. The Morgan fingerprint density at radius 2 is 1.96 bits per heavy atom. The quantitative estimate of drug-likeness (QED) is 0.618. The van der Waals surface area contributed by atoms with Crippen molar-refractivity contribution in [3.8, 4) is 5.75 Å². The topological polar surface area (TPSA) is 95.9 Å². The average molecular weight is 372 g/mol. The molecular weight excluding hydrogens is 344 g/mol. The van der Waals surface area contributed by atoms with E-state index in [0.29, 0.717) is 6.42 Å². The monoisotopic (exact) mass is 372 g/mol. The van der Waals surface area contributed by atoms with E-state index >= 15 is 0 Å². The summed E-state index contributed by atoms with van der Waals surface area (Å²) in [7, 11) is -2.45. The summed E-state index contributed by atoms with van der Waals surface area (Å²) in [5, 5.41) is 9.18. The first-order valence-electron chi connectivity index (χ1n) is 8.41. The SMILES string of the molecule is CCN(CC)CCCC(C)NS(=O)(=O)c1ccc(OC)c(C(=O)O)c1. The number of carbonyl (C=O) groups is 1. The number of carboxylic acid groups (broad SMARTS) is 1. The van der Waals surface area contributed by atoms with Crippen LogP contribution >= 0.6 is 0 Å². The summed E-state index contributed by atoms with van der Waals surface area (Å²) < 4.78 is 32.5. The summed E-state index contributed by atoms with van der Waals surface area (Å²) in [6.45, 7) is 8.87. The first kappa shape index (κ1) is 21.4. The maximum Gasteiger partial charge on any atom is 0.339 e. The van der Waals surface area contributed by atoms with Crippen molar-refractivity contribution in [2.24, 2.45) is 0 Å². The molecule has 0 saturated carbocycles. The highest BCUT2D eigenvalue weighted by molar-refractivity contribution is 7.89. The molecule has 0 saturated heterocycles. The molecule has 0 amide bonds. The lowest BCUT2D eigenvalue weighted by Gasteiger charge is -2.20. The maximum atomic E-state index is 12.5. The summed E-state index contributed by atoms with van der Waals surface area (Å²) >= 11 is 0. The molecule has 0 radical (unpaired) electrons. The van der Waals surface area contributed by atoms with Gasteiger partial charge in [0, 0.05) is 6.04 Å². The van der Waals surface area contributed by atoms with E-state index in [4.69, 9.17) is 4.74 Å². The Bertz CT molecular complexity index is 672. The number of methoxy groups -OCH3 is 1. The predicted octanol–water partition coefficient (Wildman–Crippen LogP) is 2.18. The van der Waals surface area contributed by atoms with Gasteiger partial charge in [-0.25, -0.2) is 17.9 Å². The number of carboxylic acids is 1. The van der Waals surface area contributed by atoms with Crippen LogP contribution < -0.4 is 9.46 Å². The number of sulfonamides is 1. The molecule has 8 heteroatoms. The van der Waals surface area contributed by atoms with E-state index in [2.05, 4.69) is 23.5 Å². The van der Waals surface area contributed by atoms with Crippen LogP contribution in [-0.4, -0.2) is 57.2 Å². The highest BCUT2D eigenvalue weighted by Gasteiger charge is 2.21. The lowest BCUT2D eigenvalue weighted by Crippen LogP contribution is -2.33. The van der Waals surface area contributed by atoms with Crippen molar-refractivity contribution in [1.82, 2.24) is 9.62 Å². The molecule has 0 heterocycles. The van der Waals surface area contributed by atoms with Gasteiger partial charge in [-0.05, 0) is 57.6 Å². The smallest absolute Gasteiger partial charge is 0.339 e. The zero-order valence-electron chi connectivity index (χ0n) is 15.3. The Morgan fingerprint density at radius 3 is 2.48 bits per heavy atom. The van der Waals surface area contributed by atoms with Gasteiger partial charge in [0.15, 0.2) is 0 Å². The number of rotatable bonds is 11. The Kier molecular flexibility index (Phi) is 8.34. The molecule has 0 aliphatic carbocycles. The summed E-state index contributed by atoms with van der Waals surface area (Å²) in [6.07, 6.45) is 1.59. The Morgan fingerprint density at radius 1 is 1.32 bits per heavy atom. The lowest BCUT2D eigenvalue weighted by atomic mass is 10.2. The van der Waals surface area contributed by atoms with Gasteiger partial charge in [0.05, 0.1) is 12.0 Å². The molecule has 0 bridgehead atoms. The molecule has 0 aliphatic heterocycles. The van der Waals surface area contributed by atoms with Gasteiger partial charge in [0.2, 0.25) is 10.0 Å². The molecule has 1 aromatic carbocycles. The van der Waals surface area contributed by atoms with Gasteiger partial charge < -0.3 is 14.7 Å². The number of hydrogen-bond donors (Lipinski definition) is 2. The zero-order chi connectivity index (χ0) is 19.0. The Hall–Kier alpha value is -1.64. The van der Waals surface area contributed by atoms with Gasteiger partial charge >= 0.3 is 5.97 Å². The van der Waals surface area contributed by atoms with E-state index < -0.39 is 16.0 Å². The van der Waals surface area contributed by atoms with E-state index in [0.717, 1.165) is 32.1 Å². The van der Waals surface area contributed by atoms with E-state index in [1.54, 1.807) is 6.92 Å². The fraction of sp³-hybridized carbons (Fsp3) is 0.588. The van der Waals surface area contributed by atoms with Gasteiger partial charge in [0.1, 0.15) is 11.3 Å². The third-order valence-electron chi connectivity index (χ3n) is 4.07. The minimum absolute atomic E-state index is 0.0821. The van der Waals surface area contributed by atoms with Crippen LogP contribution in [0, 0.1) is 0 Å². The molecule has 142 valence electrons. The summed E-state index contributed by atoms with van der Waals surface area (Å²) in [5.74, 6) is -1.11. The lowest BCUT2D eigenvalue weighted by molar-refractivity contribution is 0.0693. The molecule has 7 nitrogen and oxygen atoms in total. The van der Waals surface area contributed by atoms with Gasteiger partial charge in [-0.1, -0.05) is 13.8 Å². The van der Waals surface area contributed by atoms with Crippen LogP contribution in [0.25, 0.3) is 0 Å². The second-order valence-corrected chi connectivity index (χ2v) is 7.57. The fourth-order valence-corrected chi connectivity index (χ4v) is 3.88. The molecule has 1 aromatic rings. The minimum Gasteiger partial charge on any atom is -0.496 e. The van der Waals surface area contributed by atoms with Gasteiger partial charge in [-0.2, -0.15) is 0 Å². The van der Waals surface area contributed by atoms with E-state index in [-0.39, 0.29) is 22.3 Å². The highest BCUT2D eigenvalue weighted by Crippen LogP contribution is 2.22. The van der Waals surface area contributed by atoms with E-state index in [1.165, 1.54) is 19.2 Å². The van der Waals surface area contributed by atoms with Crippen molar-refractivity contribution in [3.63, 3.8) is 0 Å². The largest absolute Gasteiger partial charge is 0.496 e. The van der Waals surface area contributed by atoms with Crippen molar-refractivity contribution in [2.45, 2.75) is 44.6 Å². The number of aromatic carboxylic acids is 1. The van der Waals surface area contributed by atoms with Gasteiger partial charge in [0.25, 0.3) is 0 Å². The molecule has 0 fully saturated rings. The molecule has 0 aromatic heterocycles. The first-order valence-corrected chi connectivity index (χ1v) is 9.89. The van der Waals surface area contributed by atoms with Crippen molar-refractivity contribution in [3.05, 3.63) is 23.8 Å². The second-order valence-electron chi connectivity index (χ2n) is 5.86. The number of nitrogens with one attached hydrogen (secondary N) is 1. The van der Waals surface area contributed by atoms with Gasteiger partial charge in [-0.3, -0.25) is 0 Å². The van der Waals surface area contributed by atoms with Crippen LogP contribution in [0.5, 0.6) is 5.75 Å². The van der Waals surface area contributed by atoms with Gasteiger partial charge in [-0.15, -0.1) is 0 Å². The number of nitrogens with zero attached hydrogens (tertiary/aromatic N) is 1. The second kappa shape index (κ2) is 9.74. The third kappa shape index (κ3) is 6.30. The van der Waals surface area contributed by atoms with Crippen LogP contribution in [0.15, 0.2) is 23.1 Å². The maximum absolute atomic E-state index is 12.5. The van der Waals surface area contributed by atoms with Crippen LogP contribution in [0.1, 0.15) is 44.0 Å². The Balaban J connectivity index is 2.78. The van der Waals surface area contributed by atoms with Crippen LogP contribution in [0.3, 0.4) is 0 Å². The number of benzene rings is 1. The fourth-order valence-electron chi connectivity index (χ4n) is 2.57. The molecule has 25 heavy (non-hydrogen) atoms. The van der Waals surface area contributed by atoms with Crippen molar-refractivity contribution >= 4 is 16.0 Å². The average Bonchev–Trinajstić information content (AvgIpc) is 2.57. The summed E-state index contributed by atoms with van der Waals surface area (Å²) in [4.78, 5) is 13.4. The van der Waals surface area contributed by atoms with Crippen molar-refractivity contribution in [1.29, 1.82) is 0 Å². The molecule has 0 aliphatic rings. The number of ether oxygens (including phenoxy) is 1. The summed E-state index contributed by atoms with van der Waals surface area (Å²) in [6, 6.07) is 3.57. The molecule has 1 atom stereocenters. The van der Waals surface area contributed by atoms with Crippen LogP contribution in [0.4, 0.5) is 0 Å². The molecule has 0 spiro atoms. The predicted molar refractivity (Wildman–Crippen MR) is 96.8 cm³/mol. The Labute approximate surface area is 150 Å². The highest BCUT2D eigenvalue weighted by atomic mass is 32.2.